The van der Waals surface area contributed by atoms with Crippen LogP contribution in [0.15, 0.2) is 11.6 Å². The Morgan fingerprint density at radius 2 is 1.85 bits per heavy atom. The van der Waals surface area contributed by atoms with Crippen molar-refractivity contribution in [2.24, 2.45) is 0 Å². The fourth-order valence-corrected chi connectivity index (χ4v) is 2.76. The zero-order chi connectivity index (χ0) is 14.5. The van der Waals surface area contributed by atoms with Gasteiger partial charge < -0.3 is 4.90 Å². The van der Waals surface area contributed by atoms with E-state index in [2.05, 4.69) is 5.32 Å². The summed E-state index contributed by atoms with van der Waals surface area (Å²) >= 11 is 0. The summed E-state index contributed by atoms with van der Waals surface area (Å²) in [5, 5.41) is 2.26. The highest BCUT2D eigenvalue weighted by molar-refractivity contribution is 6.28. The number of hydrogen-bond acceptors (Lipinski definition) is 4. The first kappa shape index (κ1) is 14.4. The molecule has 0 aromatic carbocycles. The minimum absolute atomic E-state index is 0.235. The van der Waals surface area contributed by atoms with Crippen LogP contribution in [0.5, 0.6) is 0 Å². The molecule has 20 heavy (non-hydrogen) atoms. The smallest absolute Gasteiger partial charge is 0.314 e. The Balaban J connectivity index is 1.93. The number of nitrogens with zero attached hydrogens (tertiary/aromatic N) is 1. The van der Waals surface area contributed by atoms with Crippen LogP contribution in [0.2, 0.25) is 0 Å². The van der Waals surface area contributed by atoms with Crippen molar-refractivity contribution in [1.82, 2.24) is 10.2 Å². The minimum Gasteiger partial charge on any atom is -0.314 e. The zero-order valence-corrected chi connectivity index (χ0v) is 11.3. The summed E-state index contributed by atoms with van der Waals surface area (Å²) in [4.78, 5) is 46.9. The molecule has 0 bridgehead atoms. The number of imide groups is 1. The summed E-state index contributed by atoms with van der Waals surface area (Å²) in [5.41, 5.74) is 1.05. The van der Waals surface area contributed by atoms with Gasteiger partial charge in [0.15, 0.2) is 6.29 Å². The van der Waals surface area contributed by atoms with E-state index in [9.17, 15) is 19.2 Å². The summed E-state index contributed by atoms with van der Waals surface area (Å²) in [5.74, 6) is -1.06. The van der Waals surface area contributed by atoms with Gasteiger partial charge in [0.05, 0.1) is 6.04 Å². The molecule has 1 saturated carbocycles. The lowest BCUT2D eigenvalue weighted by atomic mass is 10.1. The molecule has 1 aliphatic carbocycles. The van der Waals surface area contributed by atoms with Gasteiger partial charge >= 0.3 is 6.03 Å². The van der Waals surface area contributed by atoms with E-state index in [1.54, 1.807) is 0 Å². The number of aldehydes is 1. The molecule has 0 radical (unpaired) electrons. The van der Waals surface area contributed by atoms with Gasteiger partial charge in [0.2, 0.25) is 5.78 Å². The van der Waals surface area contributed by atoms with Crippen molar-refractivity contribution in [3.05, 3.63) is 11.6 Å². The molecule has 0 aromatic heterocycles. The lowest BCUT2D eigenvalue weighted by Gasteiger charge is -2.21. The topological polar surface area (TPSA) is 83.6 Å². The van der Waals surface area contributed by atoms with Gasteiger partial charge in [-0.1, -0.05) is 5.57 Å². The van der Waals surface area contributed by atoms with Crippen molar-refractivity contribution in [2.75, 3.05) is 6.54 Å². The first-order valence-electron chi connectivity index (χ1n) is 6.92. The van der Waals surface area contributed by atoms with E-state index in [1.165, 1.54) is 11.0 Å². The summed E-state index contributed by atoms with van der Waals surface area (Å²) < 4.78 is 0. The number of ketones is 1. The molecule has 1 unspecified atom stereocenters. The molecular weight excluding hydrogens is 260 g/mol. The maximum atomic E-state index is 12.0. The van der Waals surface area contributed by atoms with Gasteiger partial charge in [-0.15, -0.1) is 0 Å². The number of urea groups is 1. The van der Waals surface area contributed by atoms with E-state index in [1.807, 2.05) is 0 Å². The first-order chi connectivity index (χ1) is 9.61. The third kappa shape index (κ3) is 3.31. The number of amides is 3. The fraction of sp³-hybridized carbons (Fsp3) is 0.571. The average molecular weight is 278 g/mol. The Labute approximate surface area is 117 Å². The van der Waals surface area contributed by atoms with Gasteiger partial charge in [0, 0.05) is 12.6 Å². The number of carbonyl (C=O) groups excluding carboxylic acids is 4. The van der Waals surface area contributed by atoms with E-state index < -0.39 is 23.8 Å². The molecule has 3 amide bonds. The van der Waals surface area contributed by atoms with Gasteiger partial charge in [-0.2, -0.15) is 0 Å². The normalized spacial score (nSPS) is 21.7. The van der Waals surface area contributed by atoms with Crippen LogP contribution >= 0.6 is 0 Å². The van der Waals surface area contributed by atoms with Crippen LogP contribution in [0.25, 0.3) is 0 Å². The monoisotopic (exact) mass is 278 g/mol. The quantitative estimate of drug-likeness (QED) is 0.473. The molecular formula is C14H18N2O4. The predicted octanol–water partition coefficient (Wildman–Crippen LogP) is 0.955. The molecule has 1 N–H and O–H groups in total. The highest BCUT2D eigenvalue weighted by atomic mass is 16.2. The molecule has 1 aliphatic heterocycles. The Bertz CT molecular complexity index is 462. The average Bonchev–Trinajstić information content (AvgIpc) is 3.07. The SMILES string of the molecule is O=CC(=O)C1CCCN1C(=O)NC(=O)C=C1CCCC1. The number of hydrogen-bond donors (Lipinski definition) is 1. The van der Waals surface area contributed by atoms with Crippen molar-refractivity contribution in [1.29, 1.82) is 0 Å². The highest BCUT2D eigenvalue weighted by Crippen LogP contribution is 2.23. The molecule has 0 spiro atoms. The van der Waals surface area contributed by atoms with E-state index in [4.69, 9.17) is 0 Å². The van der Waals surface area contributed by atoms with E-state index in [-0.39, 0.29) is 6.29 Å². The lowest BCUT2D eigenvalue weighted by Crippen LogP contribution is -2.47. The molecule has 2 rings (SSSR count). The molecule has 6 nitrogen and oxygen atoms in total. The van der Waals surface area contributed by atoms with Crippen LogP contribution in [0.3, 0.4) is 0 Å². The predicted molar refractivity (Wildman–Crippen MR) is 70.9 cm³/mol. The maximum Gasteiger partial charge on any atom is 0.324 e. The van der Waals surface area contributed by atoms with Crippen LogP contribution in [0.4, 0.5) is 4.79 Å². The Morgan fingerprint density at radius 1 is 1.15 bits per heavy atom. The van der Waals surface area contributed by atoms with Gasteiger partial charge in [-0.05, 0) is 38.5 Å². The maximum absolute atomic E-state index is 12.0. The Morgan fingerprint density at radius 3 is 2.50 bits per heavy atom. The summed E-state index contributed by atoms with van der Waals surface area (Å²) in [6, 6.07) is -1.32. The largest absolute Gasteiger partial charge is 0.324 e. The second-order valence-electron chi connectivity index (χ2n) is 5.18. The van der Waals surface area contributed by atoms with E-state index in [0.717, 1.165) is 31.3 Å². The van der Waals surface area contributed by atoms with Gasteiger partial charge in [-0.3, -0.25) is 19.7 Å². The number of allylic oxidation sites excluding steroid dienone is 1. The Kier molecular flexibility index (Phi) is 4.65. The van der Waals surface area contributed by atoms with E-state index >= 15 is 0 Å². The molecule has 1 atom stereocenters. The van der Waals surface area contributed by atoms with Gasteiger partial charge in [0.25, 0.3) is 5.91 Å². The molecule has 2 aliphatic rings. The molecule has 1 heterocycles. The molecule has 6 heteroatoms. The van der Waals surface area contributed by atoms with Crippen molar-refractivity contribution >= 4 is 24.0 Å². The molecule has 0 aromatic rings. The third-order valence-corrected chi connectivity index (χ3v) is 3.77. The van der Waals surface area contributed by atoms with Crippen LogP contribution in [-0.4, -0.2) is 41.5 Å². The number of Topliss-reactive ketones (excluding diaryl/α,β-unsaturated/α-hetero) is 1. The number of rotatable bonds is 3. The summed E-state index contributed by atoms with van der Waals surface area (Å²) in [6.07, 6.45) is 6.79. The number of likely N-dealkylation sites (tertiary alicyclic amines) is 1. The third-order valence-electron chi connectivity index (χ3n) is 3.77. The van der Waals surface area contributed by atoms with Crippen LogP contribution in [0, 0.1) is 0 Å². The van der Waals surface area contributed by atoms with Gasteiger partial charge in [-0.25, -0.2) is 4.79 Å². The van der Waals surface area contributed by atoms with Gasteiger partial charge in [0.1, 0.15) is 0 Å². The number of nitrogens with one attached hydrogen (secondary N) is 1. The highest BCUT2D eigenvalue weighted by Gasteiger charge is 2.34. The summed E-state index contributed by atoms with van der Waals surface area (Å²) in [7, 11) is 0. The molecule has 2 fully saturated rings. The second-order valence-corrected chi connectivity index (χ2v) is 5.18. The minimum atomic E-state index is -0.723. The van der Waals surface area contributed by atoms with E-state index in [0.29, 0.717) is 19.4 Å². The molecule has 108 valence electrons. The zero-order valence-electron chi connectivity index (χ0n) is 11.3. The van der Waals surface area contributed by atoms with Crippen LogP contribution in [0.1, 0.15) is 38.5 Å². The lowest BCUT2D eigenvalue weighted by molar-refractivity contribution is -0.132. The Hall–Kier alpha value is -1.98. The molecule has 1 saturated heterocycles. The second kappa shape index (κ2) is 6.45. The fourth-order valence-electron chi connectivity index (χ4n) is 2.76. The summed E-state index contributed by atoms with van der Waals surface area (Å²) in [6.45, 7) is 0.389. The van der Waals surface area contributed by atoms with Crippen LogP contribution in [-0.2, 0) is 14.4 Å². The van der Waals surface area contributed by atoms with Crippen LogP contribution < -0.4 is 5.32 Å². The first-order valence-corrected chi connectivity index (χ1v) is 6.92. The van der Waals surface area contributed by atoms with Crippen molar-refractivity contribution in [2.45, 2.75) is 44.6 Å². The van der Waals surface area contributed by atoms with Crippen molar-refractivity contribution in [3.8, 4) is 0 Å². The van der Waals surface area contributed by atoms with Crippen molar-refractivity contribution < 1.29 is 19.2 Å². The van der Waals surface area contributed by atoms with Crippen molar-refractivity contribution in [3.63, 3.8) is 0 Å². The standard InChI is InChI=1S/C14H18N2O4/c17-9-12(18)11-6-3-7-16(11)14(20)15-13(19)8-10-4-1-2-5-10/h8-9,11H,1-7H2,(H,15,19,20). The number of carbonyl (C=O) groups is 4.